The molecule has 54 heavy (non-hydrogen) atoms. The molecular weight excluding hydrogens is 701 g/mol. The van der Waals surface area contributed by atoms with E-state index in [0.717, 1.165) is 18.4 Å². The minimum absolute atomic E-state index is 0.0324. The maximum absolute atomic E-state index is 15.2. The van der Waals surface area contributed by atoms with E-state index in [4.69, 9.17) is 4.74 Å². The third-order valence-corrected chi connectivity index (χ3v) is 13.2. The topological polar surface area (TPSA) is 141 Å². The van der Waals surface area contributed by atoms with Crippen LogP contribution in [0.3, 0.4) is 0 Å². The van der Waals surface area contributed by atoms with Gasteiger partial charge in [0, 0.05) is 65.5 Å². The molecule has 4 atom stereocenters. The first-order valence-corrected chi connectivity index (χ1v) is 21.2. The van der Waals surface area contributed by atoms with Crippen LogP contribution in [0.15, 0.2) is 109 Å². The smallest absolute Gasteiger partial charge is 0.264 e. The molecule has 1 spiro atoms. The number of carbonyl (C=O) groups excluding carboxylic acids is 3. The van der Waals surface area contributed by atoms with E-state index in [1.54, 1.807) is 20.7 Å². The number of rotatable bonds is 14. The Kier molecular flexibility index (Phi) is 10.3. The van der Waals surface area contributed by atoms with Crippen molar-refractivity contribution in [1.82, 2.24) is 15.0 Å². The molecule has 0 unspecified atom stereocenters. The number of hydrogen-bond acceptors (Lipinski definition) is 8. The van der Waals surface area contributed by atoms with Gasteiger partial charge in [-0.2, -0.15) is 0 Å². The molecule has 0 saturated carbocycles. The Morgan fingerprint density at radius 2 is 1.50 bits per heavy atom. The summed E-state index contributed by atoms with van der Waals surface area (Å²) in [5.74, 6) is -0.685. The Bertz CT molecular complexity index is 2130. The van der Waals surface area contributed by atoms with E-state index in [0.29, 0.717) is 59.1 Å². The van der Waals surface area contributed by atoms with Crippen molar-refractivity contribution in [2.75, 3.05) is 21.3 Å². The van der Waals surface area contributed by atoms with Crippen molar-refractivity contribution in [3.8, 4) is 0 Å². The average Bonchev–Trinajstić information content (AvgIpc) is 3.82. The highest BCUT2D eigenvalue weighted by Gasteiger charge is 2.66. The molecule has 0 radical (unpaired) electrons. The molecule has 3 amide bonds. The number of aliphatic hydroxyl groups excluding tert-OH is 1. The Morgan fingerprint density at radius 3 is 2.11 bits per heavy atom. The van der Waals surface area contributed by atoms with Crippen LogP contribution in [0.5, 0.6) is 0 Å². The Hall–Kier alpha value is -5.47. The third-order valence-electron chi connectivity index (χ3n) is 10.7. The largest absolute Gasteiger partial charge is 0.432 e. The first kappa shape index (κ1) is 36.9. The molecule has 3 heterocycles. The molecule has 2 aliphatic heterocycles. The van der Waals surface area contributed by atoms with Gasteiger partial charge < -0.3 is 19.5 Å². The van der Waals surface area contributed by atoms with Crippen molar-refractivity contribution in [2.24, 2.45) is 5.92 Å². The first-order valence-electron chi connectivity index (χ1n) is 18.1. The lowest BCUT2D eigenvalue weighted by atomic mass is 9.82. The average molecular weight is 745 g/mol. The van der Waals surface area contributed by atoms with Crippen LogP contribution < -0.4 is 14.7 Å². The van der Waals surface area contributed by atoms with Crippen molar-refractivity contribution in [3.63, 3.8) is 0 Å². The normalized spacial score (nSPS) is 20.6. The molecule has 4 aromatic carbocycles. The van der Waals surface area contributed by atoms with E-state index in [2.05, 4.69) is 10.3 Å². The van der Waals surface area contributed by atoms with Crippen LogP contribution in [0, 0.1) is 5.92 Å². The van der Waals surface area contributed by atoms with Crippen molar-refractivity contribution in [3.05, 3.63) is 126 Å². The van der Waals surface area contributed by atoms with Gasteiger partial charge >= 0.3 is 0 Å². The van der Waals surface area contributed by atoms with Crippen LogP contribution in [0.25, 0.3) is 0 Å². The lowest BCUT2D eigenvalue weighted by Crippen LogP contribution is -2.46. The van der Waals surface area contributed by atoms with Crippen molar-refractivity contribution >= 4 is 55.5 Å². The fraction of sp³-hybridized carbons (Fsp3) is 0.293. The van der Waals surface area contributed by atoms with Gasteiger partial charge in [0.15, 0.2) is 13.9 Å². The fourth-order valence-electron chi connectivity index (χ4n) is 8.28. The summed E-state index contributed by atoms with van der Waals surface area (Å²) in [6.45, 7) is 6.35. The number of carbonyl (C=O) groups is 3. The number of ether oxygens (including phenoxy) is 1. The zero-order valence-corrected chi connectivity index (χ0v) is 31.5. The molecule has 5 aromatic rings. The number of nitrogens with zero attached hydrogens (tertiary/aromatic N) is 6. The standard InChI is InChI=1S/C41H44N6O6Si/c1-29-39(54(2,3)52)38(19-21-44-26-31(20-22-48)42-43-44)53-41(29)36-24-35(47(28-50)33-14-8-5-9-15-33)17-18-37(36)45(40(41)51)25-30-11-10-16-34(23-30)46(27-49)32-12-6-4-7-13-32/h4-18,23-24,26-29,38-39,48,52H,19-22,25H2,1-3H3/t29-,38+,39-,41+/m0/s1. The number of hydrogen-bond donors (Lipinski definition) is 2. The lowest BCUT2D eigenvalue weighted by molar-refractivity contribution is -0.146. The second kappa shape index (κ2) is 15.1. The molecule has 2 N–H and O–H groups in total. The number of anilines is 5. The SMILES string of the molecule is C[C@H]1[C@H]([Si](C)(C)O)[C@@H](CCn2cc(CCO)nn2)O[C@]12C(=O)N(Cc1cccc(N(C=O)c3ccccc3)c1)c1ccc(N(C=O)c3ccccc3)cc12. The molecular formula is C41H44N6O6Si. The predicted molar refractivity (Wildman–Crippen MR) is 208 cm³/mol. The van der Waals surface area contributed by atoms with E-state index in [1.165, 1.54) is 4.90 Å². The van der Waals surface area contributed by atoms with E-state index in [-0.39, 0.29) is 24.6 Å². The molecule has 13 heteroatoms. The highest BCUT2D eigenvalue weighted by molar-refractivity contribution is 6.71. The van der Waals surface area contributed by atoms with Gasteiger partial charge in [-0.15, -0.1) is 5.10 Å². The molecule has 7 rings (SSSR count). The maximum Gasteiger partial charge on any atom is 0.264 e. The molecule has 1 aromatic heterocycles. The van der Waals surface area contributed by atoms with Gasteiger partial charge in [0.2, 0.25) is 12.8 Å². The van der Waals surface area contributed by atoms with Gasteiger partial charge in [-0.3, -0.25) is 28.9 Å². The van der Waals surface area contributed by atoms with Gasteiger partial charge in [-0.25, -0.2) is 0 Å². The number of aromatic nitrogens is 3. The molecule has 12 nitrogen and oxygen atoms in total. The Balaban J connectivity index is 1.29. The molecule has 0 bridgehead atoms. The van der Waals surface area contributed by atoms with Gasteiger partial charge in [-0.05, 0) is 79.7 Å². The predicted octanol–water partition coefficient (Wildman–Crippen LogP) is 5.84. The first-order chi connectivity index (χ1) is 26.1. The van der Waals surface area contributed by atoms with Crippen LogP contribution in [0.4, 0.5) is 28.4 Å². The molecule has 1 saturated heterocycles. The third kappa shape index (κ3) is 6.75. The summed E-state index contributed by atoms with van der Waals surface area (Å²) in [4.78, 5) is 56.8. The second-order valence-electron chi connectivity index (χ2n) is 14.5. The molecule has 1 fully saturated rings. The number of aryl methyl sites for hydroxylation is 1. The molecule has 278 valence electrons. The Labute approximate surface area is 315 Å². The van der Waals surface area contributed by atoms with E-state index in [9.17, 15) is 19.5 Å². The lowest BCUT2D eigenvalue weighted by Gasteiger charge is -2.32. The number of fused-ring (bicyclic) bond motifs is 2. The number of amides is 3. The molecule has 2 aliphatic rings. The van der Waals surface area contributed by atoms with Gasteiger partial charge in [-0.1, -0.05) is 60.7 Å². The van der Waals surface area contributed by atoms with Crippen LogP contribution in [0.1, 0.15) is 30.2 Å². The zero-order valence-electron chi connectivity index (χ0n) is 30.5. The van der Waals surface area contributed by atoms with Crippen LogP contribution in [-0.2, 0) is 44.2 Å². The van der Waals surface area contributed by atoms with Gasteiger partial charge in [0.25, 0.3) is 5.91 Å². The number of para-hydroxylation sites is 2. The number of benzene rings is 4. The molecule has 0 aliphatic carbocycles. The van der Waals surface area contributed by atoms with Crippen LogP contribution in [0.2, 0.25) is 18.6 Å². The van der Waals surface area contributed by atoms with Crippen LogP contribution in [-0.4, -0.2) is 64.7 Å². The van der Waals surface area contributed by atoms with Gasteiger partial charge in [0.1, 0.15) is 0 Å². The van der Waals surface area contributed by atoms with E-state index >= 15 is 4.79 Å². The van der Waals surface area contributed by atoms with Crippen molar-refractivity contribution < 1.29 is 29.0 Å². The quantitative estimate of drug-likeness (QED) is 0.107. The monoisotopic (exact) mass is 744 g/mol. The Morgan fingerprint density at radius 1 is 0.870 bits per heavy atom. The summed E-state index contributed by atoms with van der Waals surface area (Å²) >= 11 is 0. The highest BCUT2D eigenvalue weighted by atomic mass is 28.4. The van der Waals surface area contributed by atoms with Gasteiger partial charge in [0.05, 0.1) is 24.0 Å². The van der Waals surface area contributed by atoms with E-state index < -0.39 is 25.9 Å². The zero-order chi connectivity index (χ0) is 38.0. The maximum atomic E-state index is 15.2. The summed E-state index contributed by atoms with van der Waals surface area (Å²) < 4.78 is 8.78. The minimum Gasteiger partial charge on any atom is -0.432 e. The summed E-state index contributed by atoms with van der Waals surface area (Å²) in [5.41, 5.74) is 3.59. The number of aliphatic hydroxyl groups is 1. The summed E-state index contributed by atoms with van der Waals surface area (Å²) in [7, 11) is -2.97. The summed E-state index contributed by atoms with van der Waals surface area (Å²) in [6, 6.07) is 31.7. The minimum atomic E-state index is -2.97. The van der Waals surface area contributed by atoms with Crippen LogP contribution >= 0.6 is 0 Å². The fourth-order valence-corrected chi connectivity index (χ4v) is 10.9. The second-order valence-corrected chi connectivity index (χ2v) is 18.5. The van der Waals surface area contributed by atoms with Crippen molar-refractivity contribution in [2.45, 2.75) is 63.2 Å². The summed E-state index contributed by atoms with van der Waals surface area (Å²) in [6.07, 6.45) is 3.68. The van der Waals surface area contributed by atoms with E-state index in [1.807, 2.05) is 123 Å². The van der Waals surface area contributed by atoms with Crippen molar-refractivity contribution in [1.29, 1.82) is 0 Å². The highest BCUT2D eigenvalue weighted by Crippen LogP contribution is 2.60. The summed E-state index contributed by atoms with van der Waals surface area (Å²) in [5, 5.41) is 17.7.